The fraction of sp³-hybridized carbons (Fsp3) is 0.357. The van der Waals surface area contributed by atoms with Gasteiger partial charge in [0, 0.05) is 29.9 Å². The summed E-state index contributed by atoms with van der Waals surface area (Å²) in [5, 5.41) is 4.34. The number of ether oxygens (including phenoxy) is 1. The van der Waals surface area contributed by atoms with E-state index in [4.69, 9.17) is 4.74 Å². The van der Waals surface area contributed by atoms with Crippen LogP contribution in [-0.2, 0) is 0 Å². The maximum Gasteiger partial charge on any atom is 0.121 e. The van der Waals surface area contributed by atoms with Crippen molar-refractivity contribution in [1.82, 2.24) is 4.98 Å². The Morgan fingerprint density at radius 1 is 1.24 bits per heavy atom. The van der Waals surface area contributed by atoms with Crippen molar-refractivity contribution in [2.75, 3.05) is 19.5 Å². The third-order valence-electron chi connectivity index (χ3n) is 2.90. The standard InChI is InChI=1S/C14H18N2O/c1-9(2)12-8-13(15-3)11-6-5-10(17-4)7-14(11)16-12/h5-9H,1-4H3,(H,15,16). The molecule has 1 heterocycles. The van der Waals surface area contributed by atoms with Crippen molar-refractivity contribution >= 4 is 16.6 Å². The molecule has 1 aromatic heterocycles. The summed E-state index contributed by atoms with van der Waals surface area (Å²) in [5.74, 6) is 1.26. The predicted molar refractivity (Wildman–Crippen MR) is 71.9 cm³/mol. The number of pyridine rings is 1. The number of nitrogens with one attached hydrogen (secondary N) is 1. The van der Waals surface area contributed by atoms with Gasteiger partial charge in [-0.25, -0.2) is 0 Å². The summed E-state index contributed by atoms with van der Waals surface area (Å²) in [7, 11) is 3.61. The van der Waals surface area contributed by atoms with Crippen LogP contribution in [0.5, 0.6) is 5.75 Å². The van der Waals surface area contributed by atoms with Crippen molar-refractivity contribution in [3.8, 4) is 5.75 Å². The molecule has 90 valence electrons. The zero-order valence-electron chi connectivity index (χ0n) is 10.7. The van der Waals surface area contributed by atoms with E-state index in [0.717, 1.165) is 28.0 Å². The Balaban J connectivity index is 2.69. The molecule has 0 fully saturated rings. The van der Waals surface area contributed by atoms with Gasteiger partial charge in [0.2, 0.25) is 0 Å². The normalized spacial score (nSPS) is 10.9. The van der Waals surface area contributed by atoms with Crippen LogP contribution in [0.2, 0.25) is 0 Å². The molecule has 0 radical (unpaired) electrons. The van der Waals surface area contributed by atoms with Crippen molar-refractivity contribution < 1.29 is 4.74 Å². The van der Waals surface area contributed by atoms with Gasteiger partial charge >= 0.3 is 0 Å². The molecule has 0 aliphatic carbocycles. The zero-order chi connectivity index (χ0) is 12.4. The highest BCUT2D eigenvalue weighted by molar-refractivity contribution is 5.92. The summed E-state index contributed by atoms with van der Waals surface area (Å²) in [4.78, 5) is 4.67. The number of fused-ring (bicyclic) bond motifs is 1. The van der Waals surface area contributed by atoms with Gasteiger partial charge in [0.05, 0.1) is 12.6 Å². The molecule has 0 saturated heterocycles. The lowest BCUT2D eigenvalue weighted by atomic mass is 10.1. The Morgan fingerprint density at radius 2 is 2.00 bits per heavy atom. The first kappa shape index (κ1) is 11.7. The van der Waals surface area contributed by atoms with Gasteiger partial charge in [-0.2, -0.15) is 0 Å². The molecular formula is C14H18N2O. The average molecular weight is 230 g/mol. The second kappa shape index (κ2) is 4.62. The Labute approximate surface area is 102 Å². The number of nitrogens with zero attached hydrogens (tertiary/aromatic N) is 1. The minimum atomic E-state index is 0.415. The summed E-state index contributed by atoms with van der Waals surface area (Å²) in [6.45, 7) is 4.29. The minimum absolute atomic E-state index is 0.415. The van der Waals surface area contributed by atoms with Gasteiger partial charge in [-0.05, 0) is 24.1 Å². The van der Waals surface area contributed by atoms with Crippen molar-refractivity contribution in [2.24, 2.45) is 0 Å². The van der Waals surface area contributed by atoms with Crippen LogP contribution in [0, 0.1) is 0 Å². The number of anilines is 1. The van der Waals surface area contributed by atoms with Crippen LogP contribution in [0.4, 0.5) is 5.69 Å². The lowest BCUT2D eigenvalue weighted by Crippen LogP contribution is -1.98. The molecule has 17 heavy (non-hydrogen) atoms. The van der Waals surface area contributed by atoms with Gasteiger partial charge < -0.3 is 10.1 Å². The van der Waals surface area contributed by atoms with Crippen molar-refractivity contribution in [3.63, 3.8) is 0 Å². The monoisotopic (exact) mass is 230 g/mol. The van der Waals surface area contributed by atoms with Crippen LogP contribution in [0.3, 0.4) is 0 Å². The molecule has 2 rings (SSSR count). The number of methoxy groups -OCH3 is 1. The molecule has 0 bridgehead atoms. The topological polar surface area (TPSA) is 34.2 Å². The Morgan fingerprint density at radius 3 is 2.59 bits per heavy atom. The number of rotatable bonds is 3. The number of hydrogen-bond acceptors (Lipinski definition) is 3. The van der Waals surface area contributed by atoms with E-state index in [1.165, 1.54) is 0 Å². The summed E-state index contributed by atoms with van der Waals surface area (Å²) < 4.78 is 5.24. The highest BCUT2D eigenvalue weighted by atomic mass is 16.5. The van der Waals surface area contributed by atoms with E-state index in [9.17, 15) is 0 Å². The third-order valence-corrected chi connectivity index (χ3v) is 2.90. The Hall–Kier alpha value is -1.77. The molecule has 0 saturated carbocycles. The van der Waals surface area contributed by atoms with E-state index in [0.29, 0.717) is 5.92 Å². The number of hydrogen-bond donors (Lipinski definition) is 1. The fourth-order valence-electron chi connectivity index (χ4n) is 1.86. The van der Waals surface area contributed by atoms with Gasteiger partial charge in [-0.15, -0.1) is 0 Å². The first-order valence-electron chi connectivity index (χ1n) is 5.82. The molecule has 0 atom stereocenters. The van der Waals surface area contributed by atoms with Crippen LogP contribution >= 0.6 is 0 Å². The van der Waals surface area contributed by atoms with Gasteiger partial charge in [0.25, 0.3) is 0 Å². The molecular weight excluding hydrogens is 212 g/mol. The minimum Gasteiger partial charge on any atom is -0.497 e. The second-order valence-corrected chi connectivity index (χ2v) is 4.38. The predicted octanol–water partition coefficient (Wildman–Crippen LogP) is 3.41. The van der Waals surface area contributed by atoms with Crippen molar-refractivity contribution in [3.05, 3.63) is 30.0 Å². The zero-order valence-corrected chi connectivity index (χ0v) is 10.7. The molecule has 0 spiro atoms. The summed E-state index contributed by atoms with van der Waals surface area (Å²) in [6.07, 6.45) is 0. The molecule has 3 nitrogen and oxygen atoms in total. The van der Waals surface area contributed by atoms with Crippen LogP contribution in [0.1, 0.15) is 25.5 Å². The third kappa shape index (κ3) is 2.18. The fourth-order valence-corrected chi connectivity index (χ4v) is 1.86. The van der Waals surface area contributed by atoms with Gasteiger partial charge in [0.1, 0.15) is 5.75 Å². The van der Waals surface area contributed by atoms with E-state index >= 15 is 0 Å². The smallest absolute Gasteiger partial charge is 0.121 e. The summed E-state index contributed by atoms with van der Waals surface area (Å²) in [5.41, 5.74) is 3.18. The summed E-state index contributed by atoms with van der Waals surface area (Å²) >= 11 is 0. The first-order chi connectivity index (χ1) is 8.15. The van der Waals surface area contributed by atoms with Gasteiger partial charge in [-0.3, -0.25) is 4.98 Å². The molecule has 0 aliphatic rings. The second-order valence-electron chi connectivity index (χ2n) is 4.38. The van der Waals surface area contributed by atoms with E-state index in [1.54, 1.807) is 7.11 Å². The van der Waals surface area contributed by atoms with Gasteiger partial charge in [0.15, 0.2) is 0 Å². The van der Waals surface area contributed by atoms with Crippen molar-refractivity contribution in [1.29, 1.82) is 0 Å². The molecule has 2 aromatic rings. The first-order valence-corrected chi connectivity index (χ1v) is 5.82. The molecule has 1 aromatic carbocycles. The maximum absolute atomic E-state index is 5.24. The quantitative estimate of drug-likeness (QED) is 0.877. The van der Waals surface area contributed by atoms with Crippen LogP contribution in [0.25, 0.3) is 10.9 Å². The SMILES string of the molecule is CNc1cc(C(C)C)nc2cc(OC)ccc12. The highest BCUT2D eigenvalue weighted by Gasteiger charge is 2.08. The van der Waals surface area contributed by atoms with E-state index < -0.39 is 0 Å². The lowest BCUT2D eigenvalue weighted by molar-refractivity contribution is 0.415. The van der Waals surface area contributed by atoms with Crippen LogP contribution in [-0.4, -0.2) is 19.1 Å². The Bertz CT molecular complexity index is 535. The van der Waals surface area contributed by atoms with E-state index in [2.05, 4.69) is 30.2 Å². The largest absolute Gasteiger partial charge is 0.497 e. The van der Waals surface area contributed by atoms with Crippen LogP contribution < -0.4 is 10.1 Å². The highest BCUT2D eigenvalue weighted by Crippen LogP contribution is 2.28. The Kier molecular flexibility index (Phi) is 3.18. The van der Waals surface area contributed by atoms with Gasteiger partial charge in [-0.1, -0.05) is 13.8 Å². The number of benzene rings is 1. The van der Waals surface area contributed by atoms with Crippen LogP contribution in [0.15, 0.2) is 24.3 Å². The molecule has 3 heteroatoms. The van der Waals surface area contributed by atoms with E-state index in [1.807, 2.05) is 25.2 Å². The van der Waals surface area contributed by atoms with Crippen molar-refractivity contribution in [2.45, 2.75) is 19.8 Å². The number of aromatic nitrogens is 1. The molecule has 1 N–H and O–H groups in total. The maximum atomic E-state index is 5.24. The lowest BCUT2D eigenvalue weighted by Gasteiger charge is -2.12. The summed E-state index contributed by atoms with van der Waals surface area (Å²) in [6, 6.07) is 8.08. The molecule has 0 unspecified atom stereocenters. The average Bonchev–Trinajstić information content (AvgIpc) is 2.36. The van der Waals surface area contributed by atoms with E-state index in [-0.39, 0.29) is 0 Å². The molecule has 0 aliphatic heterocycles. The molecule has 0 amide bonds.